The molecule has 0 N–H and O–H groups in total. The molecular formula is C17H20N4O3. The van der Waals surface area contributed by atoms with Gasteiger partial charge in [0.2, 0.25) is 0 Å². The molecule has 7 heteroatoms. The lowest BCUT2D eigenvalue weighted by Crippen LogP contribution is -2.48. The minimum absolute atomic E-state index is 0.0324. The Morgan fingerprint density at radius 3 is 2.96 bits per heavy atom. The van der Waals surface area contributed by atoms with Gasteiger partial charge in [-0.25, -0.2) is 14.8 Å². The first-order chi connectivity index (χ1) is 11.6. The van der Waals surface area contributed by atoms with Crippen molar-refractivity contribution in [3.05, 3.63) is 24.2 Å². The van der Waals surface area contributed by atoms with E-state index in [-0.39, 0.29) is 18.2 Å². The van der Waals surface area contributed by atoms with Crippen LogP contribution in [0.15, 0.2) is 18.5 Å². The lowest BCUT2D eigenvalue weighted by molar-refractivity contribution is 0.0820. The summed E-state index contributed by atoms with van der Waals surface area (Å²) in [6, 6.07) is 3.82. The lowest BCUT2D eigenvalue weighted by atomic mass is 10.0. The fourth-order valence-electron chi connectivity index (χ4n) is 3.62. The van der Waals surface area contributed by atoms with E-state index in [1.54, 1.807) is 12.0 Å². The number of benzene rings is 1. The van der Waals surface area contributed by atoms with Crippen molar-refractivity contribution in [2.45, 2.75) is 25.5 Å². The molecule has 24 heavy (non-hydrogen) atoms. The molecule has 2 aromatic rings. The van der Waals surface area contributed by atoms with E-state index < -0.39 is 0 Å². The summed E-state index contributed by atoms with van der Waals surface area (Å²) in [6.45, 7) is 3.62. The first kappa shape index (κ1) is 15.1. The minimum Gasteiger partial charge on any atom is -0.494 e. The van der Waals surface area contributed by atoms with Crippen LogP contribution in [-0.4, -0.2) is 60.4 Å². The Balaban J connectivity index is 1.83. The van der Waals surface area contributed by atoms with Crippen molar-refractivity contribution in [3.8, 4) is 5.75 Å². The van der Waals surface area contributed by atoms with Gasteiger partial charge in [0.25, 0.3) is 0 Å². The first-order valence-corrected chi connectivity index (χ1v) is 8.06. The van der Waals surface area contributed by atoms with Crippen LogP contribution in [0.1, 0.15) is 12.1 Å². The highest BCUT2D eigenvalue weighted by molar-refractivity contribution is 5.97. The second kappa shape index (κ2) is 5.59. The number of ether oxygens (including phenoxy) is 2. The summed E-state index contributed by atoms with van der Waals surface area (Å²) < 4.78 is 11.1. The maximum Gasteiger partial charge on any atom is 0.415 e. The quantitative estimate of drug-likeness (QED) is 0.840. The van der Waals surface area contributed by atoms with Gasteiger partial charge in [0.15, 0.2) is 0 Å². The number of fused-ring (bicyclic) bond motifs is 2. The first-order valence-electron chi connectivity index (χ1n) is 8.06. The van der Waals surface area contributed by atoms with Crippen molar-refractivity contribution in [2.75, 3.05) is 32.1 Å². The van der Waals surface area contributed by atoms with E-state index in [2.05, 4.69) is 14.9 Å². The molecule has 4 rings (SSSR count). The van der Waals surface area contributed by atoms with Crippen molar-refractivity contribution in [2.24, 2.45) is 0 Å². The van der Waals surface area contributed by atoms with Crippen LogP contribution in [0.3, 0.4) is 0 Å². The molecule has 1 aromatic heterocycles. The predicted molar refractivity (Wildman–Crippen MR) is 89.5 cm³/mol. The molecule has 0 radical (unpaired) electrons. The summed E-state index contributed by atoms with van der Waals surface area (Å²) in [5.74, 6) is 0.622. The molecule has 0 saturated carbocycles. The van der Waals surface area contributed by atoms with Gasteiger partial charge in [-0.05, 0) is 26.5 Å². The number of likely N-dealkylation sites (N-methyl/N-ethyl adjacent to an activating group) is 1. The molecule has 2 atom stereocenters. The molecule has 3 heterocycles. The van der Waals surface area contributed by atoms with Gasteiger partial charge in [0, 0.05) is 30.2 Å². The molecule has 2 unspecified atom stereocenters. The lowest BCUT2D eigenvalue weighted by Gasteiger charge is -2.33. The molecule has 1 aromatic carbocycles. The third-order valence-electron chi connectivity index (χ3n) is 4.90. The third-order valence-corrected chi connectivity index (χ3v) is 4.90. The van der Waals surface area contributed by atoms with Crippen LogP contribution in [0.2, 0.25) is 0 Å². The molecule has 2 fully saturated rings. The van der Waals surface area contributed by atoms with Gasteiger partial charge in [0.1, 0.15) is 18.2 Å². The van der Waals surface area contributed by atoms with Crippen LogP contribution in [-0.2, 0) is 4.74 Å². The van der Waals surface area contributed by atoms with Crippen molar-refractivity contribution >= 4 is 22.7 Å². The number of hydrogen-bond acceptors (Lipinski definition) is 6. The van der Waals surface area contributed by atoms with Crippen LogP contribution >= 0.6 is 0 Å². The number of aryl methyl sites for hydroxylation is 1. The zero-order valence-electron chi connectivity index (χ0n) is 14.0. The van der Waals surface area contributed by atoms with Crippen molar-refractivity contribution in [3.63, 3.8) is 0 Å². The normalized spacial score (nSPS) is 24.1. The number of nitrogens with zero attached hydrogens (tertiary/aromatic N) is 4. The van der Waals surface area contributed by atoms with Gasteiger partial charge in [0.05, 0.1) is 24.4 Å². The number of piperidine rings is 1. The minimum atomic E-state index is -0.313. The van der Waals surface area contributed by atoms with Crippen LogP contribution < -0.4 is 9.64 Å². The molecule has 7 nitrogen and oxygen atoms in total. The molecule has 0 bridgehead atoms. The molecule has 2 aliphatic heterocycles. The maximum absolute atomic E-state index is 12.5. The number of likely N-dealkylation sites (tertiary alicyclic amines) is 1. The Hall–Kier alpha value is -2.41. The highest BCUT2D eigenvalue weighted by Crippen LogP contribution is 2.39. The van der Waals surface area contributed by atoms with Crippen LogP contribution in [0.25, 0.3) is 10.9 Å². The molecule has 126 valence electrons. The Morgan fingerprint density at radius 2 is 2.17 bits per heavy atom. The van der Waals surface area contributed by atoms with Crippen LogP contribution in [0.5, 0.6) is 5.75 Å². The predicted octanol–water partition coefficient (Wildman–Crippen LogP) is 1.98. The summed E-state index contributed by atoms with van der Waals surface area (Å²) in [7, 11) is 3.65. The Kier molecular flexibility index (Phi) is 3.53. The van der Waals surface area contributed by atoms with Crippen molar-refractivity contribution < 1.29 is 14.3 Å². The van der Waals surface area contributed by atoms with Gasteiger partial charge in [-0.3, -0.25) is 4.90 Å². The molecule has 0 aliphatic carbocycles. The number of rotatable bonds is 2. The monoisotopic (exact) mass is 328 g/mol. The van der Waals surface area contributed by atoms with E-state index in [0.717, 1.165) is 41.8 Å². The fourth-order valence-corrected chi connectivity index (χ4v) is 3.62. The Bertz CT molecular complexity index is 810. The van der Waals surface area contributed by atoms with Crippen LogP contribution in [0.4, 0.5) is 10.5 Å². The molecule has 2 aliphatic rings. The topological polar surface area (TPSA) is 67.8 Å². The number of methoxy groups -OCH3 is 1. The highest BCUT2D eigenvalue weighted by Gasteiger charge is 2.45. The van der Waals surface area contributed by atoms with Crippen LogP contribution in [0, 0.1) is 6.92 Å². The standard InChI is InChI=1S/C17H20N4O3/c1-10-11-6-14(15(23-3)7-12(11)19-9-18-10)21-13-4-5-20(2)8-16(13)24-17(21)22/h6-7,9,13,16H,4-5,8H2,1-3H3. The van der Waals surface area contributed by atoms with Crippen molar-refractivity contribution in [1.82, 2.24) is 14.9 Å². The fraction of sp³-hybridized carbons (Fsp3) is 0.471. The number of aromatic nitrogens is 2. The second-order valence-electron chi connectivity index (χ2n) is 6.41. The van der Waals surface area contributed by atoms with Gasteiger partial charge in [-0.1, -0.05) is 0 Å². The largest absolute Gasteiger partial charge is 0.494 e. The maximum atomic E-state index is 12.5. The van der Waals surface area contributed by atoms with E-state index >= 15 is 0 Å². The average molecular weight is 328 g/mol. The second-order valence-corrected chi connectivity index (χ2v) is 6.41. The number of amides is 1. The summed E-state index contributed by atoms with van der Waals surface area (Å²) in [5, 5.41) is 0.914. The van der Waals surface area contributed by atoms with Gasteiger partial charge >= 0.3 is 6.09 Å². The van der Waals surface area contributed by atoms with E-state index in [4.69, 9.17) is 9.47 Å². The number of anilines is 1. The van der Waals surface area contributed by atoms with Crippen molar-refractivity contribution in [1.29, 1.82) is 0 Å². The van der Waals surface area contributed by atoms with Gasteiger partial charge < -0.3 is 14.4 Å². The molecular weight excluding hydrogens is 308 g/mol. The molecule has 2 saturated heterocycles. The SMILES string of the molecule is COc1cc2ncnc(C)c2cc1N1C(=O)OC2CN(C)CCC21. The zero-order valence-corrected chi connectivity index (χ0v) is 14.0. The van der Waals surface area contributed by atoms with E-state index in [9.17, 15) is 4.79 Å². The Morgan fingerprint density at radius 1 is 1.33 bits per heavy atom. The number of carbonyl (C=O) groups is 1. The van der Waals surface area contributed by atoms with E-state index in [0.29, 0.717) is 5.75 Å². The number of carbonyl (C=O) groups excluding carboxylic acids is 1. The smallest absolute Gasteiger partial charge is 0.415 e. The summed E-state index contributed by atoms with van der Waals surface area (Å²) in [5.41, 5.74) is 2.40. The third kappa shape index (κ3) is 2.27. The Labute approximate surface area is 140 Å². The summed E-state index contributed by atoms with van der Waals surface area (Å²) >= 11 is 0. The van der Waals surface area contributed by atoms with E-state index in [1.807, 2.05) is 26.1 Å². The van der Waals surface area contributed by atoms with Gasteiger partial charge in [-0.2, -0.15) is 0 Å². The molecule has 0 spiro atoms. The van der Waals surface area contributed by atoms with E-state index in [1.165, 1.54) is 6.33 Å². The highest BCUT2D eigenvalue weighted by atomic mass is 16.6. The summed E-state index contributed by atoms with van der Waals surface area (Å²) in [4.78, 5) is 25.0. The molecule has 1 amide bonds. The average Bonchev–Trinajstić information content (AvgIpc) is 2.89. The number of hydrogen-bond donors (Lipinski definition) is 0. The zero-order chi connectivity index (χ0) is 16.8. The van der Waals surface area contributed by atoms with Gasteiger partial charge in [-0.15, -0.1) is 0 Å². The summed E-state index contributed by atoms with van der Waals surface area (Å²) in [6.07, 6.45) is 1.99.